The quantitative estimate of drug-likeness (QED) is 0.327. The molecule has 4 N–H and O–H groups in total. The Kier molecular flexibility index (Phi) is 9.22. The van der Waals surface area contributed by atoms with E-state index in [1.807, 2.05) is 56.3 Å². The van der Waals surface area contributed by atoms with E-state index in [4.69, 9.17) is 15.2 Å². The van der Waals surface area contributed by atoms with Gasteiger partial charge in [-0.15, -0.1) is 24.0 Å². The first kappa shape index (κ1) is 22.0. The number of ether oxygens (including phenoxy) is 2. The van der Waals surface area contributed by atoms with E-state index in [1.165, 1.54) is 0 Å². The van der Waals surface area contributed by atoms with Gasteiger partial charge in [-0.05, 0) is 55.8 Å². The first-order chi connectivity index (χ1) is 12.0. The maximum absolute atomic E-state index is 10.2. The monoisotopic (exact) mass is 471 g/mol. The highest BCUT2D eigenvalue weighted by atomic mass is 127. The first-order valence-corrected chi connectivity index (χ1v) is 8.13. The number of nitrogens with zero attached hydrogens (tertiary/aromatic N) is 1. The third-order valence-corrected chi connectivity index (χ3v) is 3.41. The number of nitrogens with two attached hydrogens (primary N) is 1. The van der Waals surface area contributed by atoms with E-state index in [9.17, 15) is 5.11 Å². The van der Waals surface area contributed by atoms with Crippen LogP contribution in [-0.2, 0) is 0 Å². The van der Waals surface area contributed by atoms with Gasteiger partial charge in [0.1, 0.15) is 11.5 Å². The largest absolute Gasteiger partial charge is 0.497 e. The number of nitrogens with one attached hydrogen (secondary N) is 1. The minimum Gasteiger partial charge on any atom is -0.497 e. The summed E-state index contributed by atoms with van der Waals surface area (Å²) in [7, 11) is 1.59. The van der Waals surface area contributed by atoms with Crippen molar-refractivity contribution >= 4 is 35.6 Å². The van der Waals surface area contributed by atoms with Crippen molar-refractivity contribution in [2.45, 2.75) is 26.1 Å². The van der Waals surface area contributed by atoms with Gasteiger partial charge in [0.05, 0.1) is 25.9 Å². The van der Waals surface area contributed by atoms with Gasteiger partial charge in [0.2, 0.25) is 0 Å². The van der Waals surface area contributed by atoms with Gasteiger partial charge in [-0.25, -0.2) is 0 Å². The number of rotatable bonds is 7. The average Bonchev–Trinajstić information content (AvgIpc) is 2.61. The maximum atomic E-state index is 10.2. The van der Waals surface area contributed by atoms with Crippen LogP contribution in [-0.4, -0.2) is 30.8 Å². The molecule has 0 aromatic heterocycles. The number of aliphatic hydroxyl groups excluding tert-OH is 1. The molecule has 0 aliphatic rings. The Bertz CT molecular complexity index is 705. The SMILES string of the molecule is COc1cccc(C(O)CN=C(N)Nc2ccc(OC(C)C)cc2)c1.I. The zero-order valence-electron chi connectivity index (χ0n) is 15.2. The number of benzene rings is 2. The standard InChI is InChI=1S/C19H25N3O3.HI/c1-13(2)25-16-9-7-15(8-10-16)22-19(20)21-12-18(23)14-5-4-6-17(11-14)24-3;/h4-11,13,18,23H,12H2,1-3H3,(H3,20,21,22);1H. The zero-order valence-corrected chi connectivity index (χ0v) is 17.5. The lowest BCUT2D eigenvalue weighted by Crippen LogP contribution is -2.23. The first-order valence-electron chi connectivity index (χ1n) is 8.13. The minimum atomic E-state index is -0.753. The molecule has 2 rings (SSSR count). The molecular weight excluding hydrogens is 445 g/mol. The Hall–Kier alpha value is -2.00. The van der Waals surface area contributed by atoms with Gasteiger partial charge in [-0.2, -0.15) is 0 Å². The summed E-state index contributed by atoms with van der Waals surface area (Å²) in [6.07, 6.45) is -0.624. The van der Waals surface area contributed by atoms with Gasteiger partial charge in [-0.1, -0.05) is 12.1 Å². The van der Waals surface area contributed by atoms with Gasteiger partial charge in [-0.3, -0.25) is 4.99 Å². The van der Waals surface area contributed by atoms with E-state index in [2.05, 4.69) is 10.3 Å². The van der Waals surface area contributed by atoms with Crippen LogP contribution in [0.3, 0.4) is 0 Å². The fourth-order valence-corrected chi connectivity index (χ4v) is 2.22. The highest BCUT2D eigenvalue weighted by Crippen LogP contribution is 2.19. The number of halogens is 1. The molecule has 7 heteroatoms. The Labute approximate surface area is 171 Å². The zero-order chi connectivity index (χ0) is 18.2. The van der Waals surface area contributed by atoms with Gasteiger partial charge in [0.25, 0.3) is 0 Å². The van der Waals surface area contributed by atoms with Crippen LogP contribution >= 0.6 is 24.0 Å². The van der Waals surface area contributed by atoms with Crippen LogP contribution in [0, 0.1) is 0 Å². The van der Waals surface area contributed by atoms with Gasteiger partial charge >= 0.3 is 0 Å². The molecule has 0 saturated carbocycles. The van der Waals surface area contributed by atoms with Crippen LogP contribution in [0.15, 0.2) is 53.5 Å². The molecule has 6 nitrogen and oxygen atoms in total. The molecule has 0 amide bonds. The molecule has 2 aromatic rings. The minimum absolute atomic E-state index is 0. The summed E-state index contributed by atoms with van der Waals surface area (Å²) < 4.78 is 10.7. The van der Waals surface area contributed by atoms with E-state index in [0.717, 1.165) is 17.0 Å². The fourth-order valence-electron chi connectivity index (χ4n) is 2.22. The number of aliphatic hydroxyl groups is 1. The predicted octanol–water partition coefficient (Wildman–Crippen LogP) is 3.56. The molecule has 1 atom stereocenters. The lowest BCUT2D eigenvalue weighted by atomic mass is 10.1. The van der Waals surface area contributed by atoms with Crippen molar-refractivity contribution in [3.8, 4) is 11.5 Å². The molecule has 0 spiro atoms. The number of hydrogen-bond donors (Lipinski definition) is 3. The molecule has 1 unspecified atom stereocenters. The van der Waals surface area contributed by atoms with Crippen molar-refractivity contribution in [3.63, 3.8) is 0 Å². The lowest BCUT2D eigenvalue weighted by molar-refractivity contribution is 0.187. The van der Waals surface area contributed by atoms with Crippen molar-refractivity contribution in [3.05, 3.63) is 54.1 Å². The van der Waals surface area contributed by atoms with E-state index < -0.39 is 6.10 Å². The summed E-state index contributed by atoms with van der Waals surface area (Å²) in [4.78, 5) is 4.18. The van der Waals surface area contributed by atoms with Crippen LogP contribution in [0.5, 0.6) is 11.5 Å². The number of guanidine groups is 1. The maximum Gasteiger partial charge on any atom is 0.193 e. The molecule has 0 aliphatic carbocycles. The molecule has 0 radical (unpaired) electrons. The second-order valence-electron chi connectivity index (χ2n) is 5.83. The Balaban J connectivity index is 0.00000338. The van der Waals surface area contributed by atoms with Crippen LogP contribution < -0.4 is 20.5 Å². The molecule has 0 heterocycles. The predicted molar refractivity (Wildman–Crippen MR) is 116 cm³/mol. The molecule has 0 saturated heterocycles. The number of anilines is 1. The highest BCUT2D eigenvalue weighted by molar-refractivity contribution is 14.0. The molecule has 0 fully saturated rings. The summed E-state index contributed by atoms with van der Waals surface area (Å²) in [6, 6.07) is 14.7. The van der Waals surface area contributed by atoms with Gasteiger partial charge in [0.15, 0.2) is 5.96 Å². The van der Waals surface area contributed by atoms with Crippen molar-refractivity contribution in [2.24, 2.45) is 10.7 Å². The van der Waals surface area contributed by atoms with Crippen LogP contribution in [0.4, 0.5) is 5.69 Å². The van der Waals surface area contributed by atoms with Gasteiger partial charge in [0, 0.05) is 5.69 Å². The van der Waals surface area contributed by atoms with Crippen molar-refractivity contribution < 1.29 is 14.6 Å². The molecule has 142 valence electrons. The Morgan fingerprint density at radius 3 is 2.46 bits per heavy atom. The normalized spacial score (nSPS) is 12.3. The molecule has 2 aromatic carbocycles. The fraction of sp³-hybridized carbons (Fsp3) is 0.316. The summed E-state index contributed by atoms with van der Waals surface area (Å²) in [5.41, 5.74) is 7.41. The third kappa shape index (κ3) is 7.09. The number of hydrogen-bond acceptors (Lipinski definition) is 4. The number of aliphatic imine (C=N–C) groups is 1. The van der Waals surface area contributed by atoms with Crippen LogP contribution in [0.1, 0.15) is 25.5 Å². The summed E-state index contributed by atoms with van der Waals surface area (Å²) in [6.45, 7) is 4.11. The average molecular weight is 471 g/mol. The van der Waals surface area contributed by atoms with Crippen LogP contribution in [0.2, 0.25) is 0 Å². The van der Waals surface area contributed by atoms with E-state index in [-0.39, 0.29) is 42.6 Å². The third-order valence-electron chi connectivity index (χ3n) is 3.41. The van der Waals surface area contributed by atoms with Crippen LogP contribution in [0.25, 0.3) is 0 Å². The van der Waals surface area contributed by atoms with Gasteiger partial charge < -0.3 is 25.6 Å². The second kappa shape index (κ2) is 10.9. The molecule has 26 heavy (non-hydrogen) atoms. The topological polar surface area (TPSA) is 89.1 Å². The molecular formula is C19H26IN3O3. The highest BCUT2D eigenvalue weighted by Gasteiger charge is 2.08. The van der Waals surface area contributed by atoms with E-state index >= 15 is 0 Å². The number of methoxy groups -OCH3 is 1. The van der Waals surface area contributed by atoms with E-state index in [0.29, 0.717) is 5.75 Å². The van der Waals surface area contributed by atoms with E-state index in [1.54, 1.807) is 13.2 Å². The summed E-state index contributed by atoms with van der Waals surface area (Å²) in [5.74, 6) is 1.72. The van der Waals surface area contributed by atoms with Crippen molar-refractivity contribution in [1.82, 2.24) is 0 Å². The van der Waals surface area contributed by atoms with Crippen molar-refractivity contribution in [2.75, 3.05) is 19.0 Å². The molecule has 0 aliphatic heterocycles. The Morgan fingerprint density at radius 1 is 1.15 bits per heavy atom. The smallest absolute Gasteiger partial charge is 0.193 e. The molecule has 0 bridgehead atoms. The second-order valence-corrected chi connectivity index (χ2v) is 5.83. The summed E-state index contributed by atoms with van der Waals surface area (Å²) in [5, 5.41) is 13.2. The summed E-state index contributed by atoms with van der Waals surface area (Å²) >= 11 is 0. The lowest BCUT2D eigenvalue weighted by Gasteiger charge is -2.12. The Morgan fingerprint density at radius 2 is 1.85 bits per heavy atom. The van der Waals surface area contributed by atoms with Crippen molar-refractivity contribution in [1.29, 1.82) is 0 Å².